The highest BCUT2D eigenvalue weighted by Crippen LogP contribution is 2.38. The molecule has 4 amide bonds. The van der Waals surface area contributed by atoms with Crippen LogP contribution in [0.2, 0.25) is 5.02 Å². The van der Waals surface area contributed by atoms with Crippen LogP contribution in [0, 0.1) is 0 Å². The van der Waals surface area contributed by atoms with E-state index < -0.39 is 35.9 Å². The Morgan fingerprint density at radius 1 is 1.08 bits per heavy atom. The Hall–Kier alpha value is -3.57. The molecule has 186 valence electrons. The highest BCUT2D eigenvalue weighted by atomic mass is 35.5. The maximum atomic E-state index is 13.3. The van der Waals surface area contributed by atoms with Gasteiger partial charge in [0.15, 0.2) is 0 Å². The Bertz CT molecular complexity index is 1300. The molecule has 7 nitrogen and oxygen atoms in total. The van der Waals surface area contributed by atoms with Crippen LogP contribution in [-0.4, -0.2) is 46.8 Å². The number of nitrogens with one attached hydrogen (secondary N) is 1. The van der Waals surface area contributed by atoms with Gasteiger partial charge in [0, 0.05) is 28.7 Å². The number of urea groups is 1. The molecule has 1 aliphatic rings. The molecular formula is C24H18ClF3N4O3S. The number of hydrogen-bond acceptors (Lipinski definition) is 5. The normalized spacial score (nSPS) is 14.8. The molecule has 0 radical (unpaired) electrons. The number of hydrogen-bond donors (Lipinski definition) is 1. The van der Waals surface area contributed by atoms with Crippen molar-refractivity contribution in [2.45, 2.75) is 16.4 Å². The van der Waals surface area contributed by atoms with Crippen LogP contribution >= 0.6 is 23.4 Å². The van der Waals surface area contributed by atoms with Gasteiger partial charge in [0.25, 0.3) is 5.91 Å². The van der Waals surface area contributed by atoms with Gasteiger partial charge in [-0.3, -0.25) is 19.5 Å². The van der Waals surface area contributed by atoms with Gasteiger partial charge >= 0.3 is 11.5 Å². The lowest BCUT2D eigenvalue weighted by atomic mass is 10.0. The fourth-order valence-electron chi connectivity index (χ4n) is 3.78. The van der Waals surface area contributed by atoms with Crippen LogP contribution in [0.1, 0.15) is 11.6 Å². The topological polar surface area (TPSA) is 82.6 Å². The number of rotatable bonds is 6. The number of nitrogens with zero attached hydrogens (tertiary/aromatic N) is 3. The van der Waals surface area contributed by atoms with E-state index in [0.717, 1.165) is 15.4 Å². The van der Waals surface area contributed by atoms with Crippen LogP contribution in [-0.2, 0) is 9.59 Å². The summed E-state index contributed by atoms with van der Waals surface area (Å²) < 4.78 is 37.9. The van der Waals surface area contributed by atoms with E-state index in [0.29, 0.717) is 16.3 Å². The molecule has 0 bridgehead atoms. The van der Waals surface area contributed by atoms with Crippen LogP contribution in [0.3, 0.4) is 0 Å². The van der Waals surface area contributed by atoms with Crippen molar-refractivity contribution >= 4 is 46.9 Å². The Morgan fingerprint density at radius 2 is 1.75 bits per heavy atom. The Morgan fingerprint density at radius 3 is 2.36 bits per heavy atom. The maximum Gasteiger partial charge on any atom is 0.446 e. The van der Waals surface area contributed by atoms with Gasteiger partial charge in [-0.25, -0.2) is 9.69 Å². The van der Waals surface area contributed by atoms with Crippen LogP contribution in [0.5, 0.6) is 0 Å². The SMILES string of the molecule is CNC(=O)C(c1ccnc(-c2ccc(Cl)cc2)c1)N1CC(=O)N(c2ccc(SC(F)(F)F)cc2)C1=O. The first kappa shape index (κ1) is 25.5. The van der Waals surface area contributed by atoms with Crippen LogP contribution < -0.4 is 10.2 Å². The number of carbonyl (C=O) groups excluding carboxylic acids is 3. The monoisotopic (exact) mass is 534 g/mol. The van der Waals surface area contributed by atoms with Crippen molar-refractivity contribution in [1.29, 1.82) is 0 Å². The summed E-state index contributed by atoms with van der Waals surface area (Å²) >= 11 is 5.65. The summed E-state index contributed by atoms with van der Waals surface area (Å²) in [7, 11) is 1.41. The molecule has 1 fully saturated rings. The molecule has 1 aliphatic heterocycles. The largest absolute Gasteiger partial charge is 0.446 e. The van der Waals surface area contributed by atoms with Gasteiger partial charge in [0.05, 0.1) is 11.4 Å². The molecule has 0 aliphatic carbocycles. The zero-order chi connectivity index (χ0) is 26.0. The highest BCUT2D eigenvalue weighted by molar-refractivity contribution is 8.00. The van der Waals surface area contributed by atoms with Gasteiger partial charge in [-0.15, -0.1) is 0 Å². The van der Waals surface area contributed by atoms with E-state index in [1.165, 1.54) is 37.5 Å². The summed E-state index contributed by atoms with van der Waals surface area (Å²) in [4.78, 5) is 45.2. The number of amides is 4. The molecular weight excluding hydrogens is 517 g/mol. The summed E-state index contributed by atoms with van der Waals surface area (Å²) in [5.74, 6) is -1.14. The van der Waals surface area contributed by atoms with Crippen molar-refractivity contribution in [3.63, 3.8) is 0 Å². The van der Waals surface area contributed by atoms with E-state index in [-0.39, 0.29) is 22.3 Å². The second-order valence-corrected chi connectivity index (χ2v) is 9.25. The van der Waals surface area contributed by atoms with Crippen LogP contribution in [0.15, 0.2) is 71.8 Å². The Kier molecular flexibility index (Phi) is 7.23. The van der Waals surface area contributed by atoms with Crippen molar-refractivity contribution < 1.29 is 27.6 Å². The zero-order valence-electron chi connectivity index (χ0n) is 18.6. The number of aromatic nitrogens is 1. The quantitative estimate of drug-likeness (QED) is 0.344. The minimum Gasteiger partial charge on any atom is -0.357 e. The third-order valence-electron chi connectivity index (χ3n) is 5.37. The van der Waals surface area contributed by atoms with Crippen molar-refractivity contribution in [2.24, 2.45) is 0 Å². The fraction of sp³-hybridized carbons (Fsp3) is 0.167. The van der Waals surface area contributed by atoms with E-state index >= 15 is 0 Å². The molecule has 1 saturated heterocycles. The minimum absolute atomic E-state index is 0.0862. The average molecular weight is 535 g/mol. The molecule has 2 aromatic carbocycles. The van der Waals surface area contributed by atoms with Gasteiger partial charge in [-0.2, -0.15) is 13.2 Å². The third-order valence-corrected chi connectivity index (χ3v) is 6.36. The summed E-state index contributed by atoms with van der Waals surface area (Å²) in [6.07, 6.45) is 1.49. The van der Waals surface area contributed by atoms with Crippen molar-refractivity contribution in [3.8, 4) is 11.3 Å². The first-order valence-corrected chi connectivity index (χ1v) is 11.7. The number of likely N-dealkylation sites (N-methyl/N-ethyl adjacent to an activating group) is 1. The lowest BCUT2D eigenvalue weighted by molar-refractivity contribution is -0.125. The predicted octanol–water partition coefficient (Wildman–Crippen LogP) is 5.27. The molecule has 4 rings (SSSR count). The Balaban J connectivity index is 1.64. The zero-order valence-corrected chi connectivity index (χ0v) is 20.2. The number of carbonyl (C=O) groups is 3. The van der Waals surface area contributed by atoms with E-state index in [9.17, 15) is 27.6 Å². The van der Waals surface area contributed by atoms with E-state index in [4.69, 9.17) is 11.6 Å². The molecule has 0 saturated carbocycles. The smallest absolute Gasteiger partial charge is 0.357 e. The highest BCUT2D eigenvalue weighted by Gasteiger charge is 2.43. The van der Waals surface area contributed by atoms with Crippen molar-refractivity contribution in [1.82, 2.24) is 15.2 Å². The van der Waals surface area contributed by atoms with Crippen molar-refractivity contribution in [2.75, 3.05) is 18.5 Å². The number of pyridine rings is 1. The fourth-order valence-corrected chi connectivity index (χ4v) is 4.44. The summed E-state index contributed by atoms with van der Waals surface area (Å²) in [5.41, 5.74) is -2.67. The standard InChI is InChI=1S/C24H18ClF3N4O3S/c1-29-22(34)21(15-10-11-30-19(12-15)14-2-4-16(25)5-3-14)31-13-20(33)32(23(31)35)17-6-8-18(9-7-17)36-24(26,27)28/h2-12,21H,13H2,1H3,(H,29,34). The Labute approximate surface area is 213 Å². The van der Waals surface area contributed by atoms with Crippen LogP contribution in [0.25, 0.3) is 11.3 Å². The van der Waals surface area contributed by atoms with E-state index in [1.54, 1.807) is 36.4 Å². The number of thioether (sulfide) groups is 1. The number of imide groups is 1. The molecule has 12 heteroatoms. The van der Waals surface area contributed by atoms with Crippen molar-refractivity contribution in [3.05, 3.63) is 77.4 Å². The number of benzene rings is 2. The lowest BCUT2D eigenvalue weighted by Crippen LogP contribution is -2.42. The molecule has 0 spiro atoms. The molecule has 1 aromatic heterocycles. The van der Waals surface area contributed by atoms with Gasteiger partial charge in [-0.1, -0.05) is 23.7 Å². The molecule has 2 heterocycles. The summed E-state index contributed by atoms with van der Waals surface area (Å²) in [6.45, 7) is -0.394. The third kappa shape index (κ3) is 5.47. The van der Waals surface area contributed by atoms with Gasteiger partial charge in [0.2, 0.25) is 5.91 Å². The second-order valence-electron chi connectivity index (χ2n) is 7.68. The molecule has 1 unspecified atom stereocenters. The summed E-state index contributed by atoms with van der Waals surface area (Å²) in [5, 5.41) is 3.06. The van der Waals surface area contributed by atoms with Gasteiger partial charge in [0.1, 0.15) is 12.6 Å². The second kappa shape index (κ2) is 10.2. The lowest BCUT2D eigenvalue weighted by Gasteiger charge is -2.26. The molecule has 1 N–H and O–H groups in total. The molecule has 3 aromatic rings. The predicted molar refractivity (Wildman–Crippen MR) is 129 cm³/mol. The minimum atomic E-state index is -4.46. The maximum absolute atomic E-state index is 13.3. The van der Waals surface area contributed by atoms with Crippen LogP contribution in [0.4, 0.5) is 23.7 Å². The first-order chi connectivity index (χ1) is 17.1. The number of halogens is 4. The number of alkyl halides is 3. The van der Waals surface area contributed by atoms with E-state index in [1.807, 2.05) is 0 Å². The van der Waals surface area contributed by atoms with E-state index in [2.05, 4.69) is 10.3 Å². The molecule has 1 atom stereocenters. The average Bonchev–Trinajstić information content (AvgIpc) is 3.12. The summed E-state index contributed by atoms with van der Waals surface area (Å²) in [6, 6.07) is 13.1. The number of anilines is 1. The van der Waals surface area contributed by atoms with Gasteiger partial charge < -0.3 is 5.32 Å². The first-order valence-electron chi connectivity index (χ1n) is 10.5. The molecule has 36 heavy (non-hydrogen) atoms. The van der Waals surface area contributed by atoms with Gasteiger partial charge in [-0.05, 0) is 65.9 Å².